The van der Waals surface area contributed by atoms with Gasteiger partial charge >= 0.3 is 0 Å². The zero-order valence-electron chi connectivity index (χ0n) is 11.9. The van der Waals surface area contributed by atoms with Gasteiger partial charge < -0.3 is 9.32 Å². The summed E-state index contributed by atoms with van der Waals surface area (Å²) in [4.78, 5) is 18.3. The standard InChI is InChI=1S/C14H22N2O2/c1-7-16(8-9(2)3)14(17)12-11(6)18-13(15-12)10(4)5/h10H,2,7-8H2,1,3-6H3. The van der Waals surface area contributed by atoms with Crippen molar-refractivity contribution in [1.29, 1.82) is 0 Å². The molecular formula is C14H22N2O2. The Bertz CT molecular complexity index is 447. The molecule has 1 rings (SSSR count). The van der Waals surface area contributed by atoms with Crippen molar-refractivity contribution in [2.24, 2.45) is 0 Å². The average molecular weight is 250 g/mol. The van der Waals surface area contributed by atoms with Gasteiger partial charge in [0.15, 0.2) is 11.6 Å². The van der Waals surface area contributed by atoms with Crippen molar-refractivity contribution < 1.29 is 9.21 Å². The molecule has 0 saturated heterocycles. The van der Waals surface area contributed by atoms with Gasteiger partial charge in [0.1, 0.15) is 5.76 Å². The molecule has 4 heteroatoms. The highest BCUT2D eigenvalue weighted by molar-refractivity contribution is 5.93. The topological polar surface area (TPSA) is 46.3 Å². The smallest absolute Gasteiger partial charge is 0.276 e. The molecule has 18 heavy (non-hydrogen) atoms. The lowest BCUT2D eigenvalue weighted by atomic mass is 10.2. The minimum Gasteiger partial charge on any atom is -0.445 e. The van der Waals surface area contributed by atoms with Gasteiger partial charge in [-0.25, -0.2) is 4.98 Å². The predicted octanol–water partition coefficient (Wildman–Crippen LogP) is 3.14. The maximum Gasteiger partial charge on any atom is 0.276 e. The minimum atomic E-state index is -0.0892. The van der Waals surface area contributed by atoms with Gasteiger partial charge in [-0.15, -0.1) is 0 Å². The molecule has 1 aromatic heterocycles. The monoisotopic (exact) mass is 250 g/mol. The molecule has 0 fully saturated rings. The lowest BCUT2D eigenvalue weighted by Crippen LogP contribution is -2.32. The number of amides is 1. The molecular weight excluding hydrogens is 228 g/mol. The summed E-state index contributed by atoms with van der Waals surface area (Å²) in [6.07, 6.45) is 0. The third-order valence-electron chi connectivity index (χ3n) is 2.64. The number of rotatable bonds is 5. The van der Waals surface area contributed by atoms with Gasteiger partial charge in [-0.05, 0) is 20.8 Å². The molecule has 1 heterocycles. The third kappa shape index (κ3) is 3.22. The highest BCUT2D eigenvalue weighted by Crippen LogP contribution is 2.19. The number of oxazole rings is 1. The van der Waals surface area contributed by atoms with Crippen LogP contribution in [0.2, 0.25) is 0 Å². The Hall–Kier alpha value is -1.58. The summed E-state index contributed by atoms with van der Waals surface area (Å²) >= 11 is 0. The number of aromatic nitrogens is 1. The summed E-state index contributed by atoms with van der Waals surface area (Å²) in [5.41, 5.74) is 1.37. The van der Waals surface area contributed by atoms with E-state index < -0.39 is 0 Å². The molecule has 0 aliphatic rings. The molecule has 0 aliphatic carbocycles. The number of carbonyl (C=O) groups excluding carboxylic acids is 1. The molecule has 0 atom stereocenters. The quantitative estimate of drug-likeness (QED) is 0.754. The lowest BCUT2D eigenvalue weighted by Gasteiger charge is -2.19. The first-order valence-corrected chi connectivity index (χ1v) is 6.27. The highest BCUT2D eigenvalue weighted by Gasteiger charge is 2.22. The van der Waals surface area contributed by atoms with Crippen molar-refractivity contribution in [3.63, 3.8) is 0 Å². The SMILES string of the molecule is C=C(C)CN(CC)C(=O)c1nc(C(C)C)oc1C. The second-order valence-electron chi connectivity index (χ2n) is 4.89. The fourth-order valence-electron chi connectivity index (χ4n) is 1.67. The van der Waals surface area contributed by atoms with Gasteiger partial charge in [0.05, 0.1) is 0 Å². The van der Waals surface area contributed by atoms with Gasteiger partial charge in [0, 0.05) is 19.0 Å². The van der Waals surface area contributed by atoms with E-state index in [0.29, 0.717) is 30.4 Å². The van der Waals surface area contributed by atoms with E-state index in [0.717, 1.165) is 5.57 Å². The van der Waals surface area contributed by atoms with Crippen LogP contribution in [-0.2, 0) is 0 Å². The Morgan fingerprint density at radius 2 is 2.11 bits per heavy atom. The Kier molecular flexibility index (Phi) is 4.70. The number of likely N-dealkylation sites (N-methyl/N-ethyl adjacent to an activating group) is 1. The summed E-state index contributed by atoms with van der Waals surface area (Å²) < 4.78 is 5.52. The van der Waals surface area contributed by atoms with Crippen LogP contribution in [0.3, 0.4) is 0 Å². The number of hydrogen-bond acceptors (Lipinski definition) is 3. The van der Waals surface area contributed by atoms with Crippen molar-refractivity contribution in [2.45, 2.75) is 40.5 Å². The normalized spacial score (nSPS) is 10.8. The Morgan fingerprint density at radius 3 is 2.50 bits per heavy atom. The molecule has 4 nitrogen and oxygen atoms in total. The first kappa shape index (κ1) is 14.5. The van der Waals surface area contributed by atoms with E-state index in [1.165, 1.54) is 0 Å². The largest absolute Gasteiger partial charge is 0.445 e. The van der Waals surface area contributed by atoms with Crippen LogP contribution in [0.5, 0.6) is 0 Å². The van der Waals surface area contributed by atoms with Crippen LogP contribution in [0.4, 0.5) is 0 Å². The highest BCUT2D eigenvalue weighted by atomic mass is 16.4. The van der Waals surface area contributed by atoms with Crippen molar-refractivity contribution in [2.75, 3.05) is 13.1 Å². The molecule has 1 aromatic rings. The first-order valence-electron chi connectivity index (χ1n) is 6.27. The Balaban J connectivity index is 2.98. The van der Waals surface area contributed by atoms with E-state index in [1.807, 2.05) is 27.7 Å². The molecule has 0 aromatic carbocycles. The molecule has 0 N–H and O–H groups in total. The van der Waals surface area contributed by atoms with Crippen LogP contribution in [0.1, 0.15) is 55.8 Å². The van der Waals surface area contributed by atoms with E-state index in [2.05, 4.69) is 11.6 Å². The molecule has 0 saturated carbocycles. The van der Waals surface area contributed by atoms with Crippen LogP contribution in [0.15, 0.2) is 16.6 Å². The Labute approximate surface area is 109 Å². The van der Waals surface area contributed by atoms with Gasteiger partial charge in [0.2, 0.25) is 0 Å². The van der Waals surface area contributed by atoms with E-state index in [9.17, 15) is 4.79 Å². The van der Waals surface area contributed by atoms with Crippen LogP contribution >= 0.6 is 0 Å². The molecule has 0 unspecified atom stereocenters. The van der Waals surface area contributed by atoms with Crippen molar-refractivity contribution in [3.05, 3.63) is 29.5 Å². The maximum absolute atomic E-state index is 12.3. The molecule has 1 amide bonds. The average Bonchev–Trinajstić information content (AvgIpc) is 2.67. The molecule has 100 valence electrons. The van der Waals surface area contributed by atoms with Crippen molar-refractivity contribution in [3.8, 4) is 0 Å². The van der Waals surface area contributed by atoms with Crippen LogP contribution in [0.25, 0.3) is 0 Å². The Morgan fingerprint density at radius 1 is 1.50 bits per heavy atom. The van der Waals surface area contributed by atoms with Crippen LogP contribution in [-0.4, -0.2) is 28.9 Å². The number of aryl methyl sites for hydroxylation is 1. The van der Waals surface area contributed by atoms with E-state index in [1.54, 1.807) is 11.8 Å². The van der Waals surface area contributed by atoms with E-state index in [-0.39, 0.29) is 11.8 Å². The predicted molar refractivity (Wildman–Crippen MR) is 71.7 cm³/mol. The molecule has 0 aliphatic heterocycles. The first-order chi connectivity index (χ1) is 8.36. The molecule has 0 spiro atoms. The summed E-state index contributed by atoms with van der Waals surface area (Å²) in [7, 11) is 0. The van der Waals surface area contributed by atoms with E-state index in [4.69, 9.17) is 4.42 Å². The lowest BCUT2D eigenvalue weighted by molar-refractivity contribution is 0.0771. The zero-order chi connectivity index (χ0) is 13.9. The summed E-state index contributed by atoms with van der Waals surface area (Å²) in [6.45, 7) is 14.6. The van der Waals surface area contributed by atoms with Crippen molar-refractivity contribution in [1.82, 2.24) is 9.88 Å². The third-order valence-corrected chi connectivity index (χ3v) is 2.64. The number of nitrogens with zero attached hydrogens (tertiary/aromatic N) is 2. The van der Waals surface area contributed by atoms with Gasteiger partial charge in [-0.1, -0.05) is 26.0 Å². The maximum atomic E-state index is 12.3. The minimum absolute atomic E-state index is 0.0892. The summed E-state index contributed by atoms with van der Waals surface area (Å²) in [5, 5.41) is 0. The second-order valence-corrected chi connectivity index (χ2v) is 4.89. The zero-order valence-corrected chi connectivity index (χ0v) is 11.9. The summed E-state index contributed by atoms with van der Waals surface area (Å²) in [6, 6.07) is 0. The fraction of sp³-hybridized carbons (Fsp3) is 0.571. The number of hydrogen-bond donors (Lipinski definition) is 0. The van der Waals surface area contributed by atoms with Gasteiger partial charge in [0.25, 0.3) is 5.91 Å². The summed E-state index contributed by atoms with van der Waals surface area (Å²) in [5.74, 6) is 1.29. The van der Waals surface area contributed by atoms with Crippen LogP contribution in [0, 0.1) is 6.92 Å². The molecule has 0 radical (unpaired) electrons. The number of carbonyl (C=O) groups is 1. The second kappa shape index (κ2) is 5.85. The van der Waals surface area contributed by atoms with E-state index >= 15 is 0 Å². The van der Waals surface area contributed by atoms with Crippen molar-refractivity contribution >= 4 is 5.91 Å². The van der Waals surface area contributed by atoms with Crippen LogP contribution < -0.4 is 0 Å². The fourth-order valence-corrected chi connectivity index (χ4v) is 1.67. The molecule has 0 bridgehead atoms. The van der Waals surface area contributed by atoms with Gasteiger partial charge in [-0.2, -0.15) is 0 Å². The van der Waals surface area contributed by atoms with Gasteiger partial charge in [-0.3, -0.25) is 4.79 Å².